The first-order valence-electron chi connectivity index (χ1n) is 10.9. The largest absolute Gasteiger partial charge is 0.433 e. The molecular weight excluding hydrogens is 479 g/mol. The summed E-state index contributed by atoms with van der Waals surface area (Å²) >= 11 is 0. The fourth-order valence-corrected chi connectivity index (χ4v) is 4.12. The average Bonchev–Trinajstić information content (AvgIpc) is 3.20. The smallest absolute Gasteiger partial charge is 0.366 e. The van der Waals surface area contributed by atoms with E-state index in [0.717, 1.165) is 17.3 Å². The Labute approximate surface area is 208 Å². The summed E-state index contributed by atoms with van der Waals surface area (Å²) in [5.74, 6) is 0.743. The van der Waals surface area contributed by atoms with Gasteiger partial charge in [-0.2, -0.15) is 31.8 Å². The molecule has 1 amide bonds. The molecule has 4 rings (SSSR count). The van der Waals surface area contributed by atoms with Gasteiger partial charge < -0.3 is 15.5 Å². The van der Waals surface area contributed by atoms with Crippen molar-refractivity contribution >= 4 is 36.6 Å². The van der Waals surface area contributed by atoms with Gasteiger partial charge in [-0.3, -0.25) is 9.48 Å². The van der Waals surface area contributed by atoms with Gasteiger partial charge in [-0.1, -0.05) is 19.9 Å². The molecule has 35 heavy (non-hydrogen) atoms. The highest BCUT2D eigenvalue weighted by Crippen LogP contribution is 2.36. The molecule has 0 aliphatic carbocycles. The second-order valence-corrected chi connectivity index (χ2v) is 8.69. The molecule has 8 nitrogen and oxygen atoms in total. The maximum atomic E-state index is 12.9. The van der Waals surface area contributed by atoms with Crippen molar-refractivity contribution in [3.8, 4) is 0 Å². The molecule has 1 aliphatic rings. The van der Waals surface area contributed by atoms with Gasteiger partial charge in [-0.15, -0.1) is 0 Å². The third-order valence-corrected chi connectivity index (χ3v) is 5.71. The molecule has 1 aliphatic heterocycles. The van der Waals surface area contributed by atoms with E-state index in [1.54, 1.807) is 17.1 Å². The zero-order valence-electron chi connectivity index (χ0n) is 19.8. The standard InChI is InChI=1S/C23H26F3N7O.H2S/c1-13(2)21-22(34)31-20-14(3)29-19(8-17(20)32(21)4)27-9-15-10-28-33(11-15)12-16-6-5-7-18(30-16)23(24,25)26;/h5-8,10-11,13,21H,9,12H2,1-4H3,(H,27,29)(H,31,34);1H2/t21-;/m0./s1. The van der Waals surface area contributed by atoms with E-state index in [4.69, 9.17) is 0 Å². The summed E-state index contributed by atoms with van der Waals surface area (Å²) in [4.78, 5) is 22.7. The summed E-state index contributed by atoms with van der Waals surface area (Å²) in [7, 11) is 1.90. The summed E-state index contributed by atoms with van der Waals surface area (Å²) in [5, 5.41) is 10.5. The van der Waals surface area contributed by atoms with E-state index in [2.05, 4.69) is 25.7 Å². The predicted molar refractivity (Wildman–Crippen MR) is 133 cm³/mol. The second kappa shape index (κ2) is 10.1. The van der Waals surface area contributed by atoms with Gasteiger partial charge in [0.25, 0.3) is 0 Å². The number of amides is 1. The lowest BCUT2D eigenvalue weighted by molar-refractivity contribution is -0.141. The van der Waals surface area contributed by atoms with Crippen LogP contribution in [0.15, 0.2) is 36.7 Å². The van der Waals surface area contributed by atoms with Gasteiger partial charge in [0, 0.05) is 31.4 Å². The van der Waals surface area contributed by atoms with Crippen molar-refractivity contribution in [3.63, 3.8) is 0 Å². The summed E-state index contributed by atoms with van der Waals surface area (Å²) < 4.78 is 40.2. The number of hydrogen-bond acceptors (Lipinski definition) is 6. The van der Waals surface area contributed by atoms with E-state index in [0.29, 0.717) is 23.7 Å². The first-order valence-corrected chi connectivity index (χ1v) is 10.9. The van der Waals surface area contributed by atoms with E-state index in [1.165, 1.54) is 12.1 Å². The highest BCUT2D eigenvalue weighted by molar-refractivity contribution is 7.59. The number of fused-ring (bicyclic) bond motifs is 1. The summed E-state index contributed by atoms with van der Waals surface area (Å²) in [6.07, 6.45) is -1.09. The van der Waals surface area contributed by atoms with E-state index in [-0.39, 0.29) is 43.6 Å². The SMILES string of the molecule is Cc1nc(NCc2cnn(Cc3cccc(C(F)(F)F)n3)c2)cc2c1NC(=O)[C@H](C(C)C)N2C.S. The Morgan fingerprint density at radius 2 is 1.97 bits per heavy atom. The Bertz CT molecular complexity index is 1210. The van der Waals surface area contributed by atoms with Crippen LogP contribution < -0.4 is 15.5 Å². The first-order chi connectivity index (χ1) is 16.0. The fraction of sp³-hybridized carbons (Fsp3) is 0.391. The molecule has 0 saturated carbocycles. The van der Waals surface area contributed by atoms with Crippen molar-refractivity contribution in [1.29, 1.82) is 0 Å². The lowest BCUT2D eigenvalue weighted by Gasteiger charge is -2.38. The molecule has 0 fully saturated rings. The third kappa shape index (κ3) is 5.69. The number of carbonyl (C=O) groups is 1. The molecular formula is C23H28F3N7OS. The topological polar surface area (TPSA) is 88.0 Å². The minimum absolute atomic E-state index is 0. The van der Waals surface area contributed by atoms with Crippen LogP contribution >= 0.6 is 13.5 Å². The van der Waals surface area contributed by atoms with Crippen LogP contribution in [-0.2, 0) is 24.1 Å². The molecule has 3 aromatic rings. The lowest BCUT2D eigenvalue weighted by Crippen LogP contribution is -2.49. The number of aryl methyl sites for hydroxylation is 1. The Morgan fingerprint density at radius 1 is 1.23 bits per heavy atom. The number of rotatable bonds is 6. The zero-order chi connectivity index (χ0) is 24.6. The van der Waals surface area contributed by atoms with Crippen molar-refractivity contribution in [1.82, 2.24) is 19.7 Å². The van der Waals surface area contributed by atoms with E-state index >= 15 is 0 Å². The van der Waals surface area contributed by atoms with Crippen molar-refractivity contribution in [2.75, 3.05) is 22.6 Å². The van der Waals surface area contributed by atoms with E-state index in [1.807, 2.05) is 38.8 Å². The van der Waals surface area contributed by atoms with Crippen molar-refractivity contribution in [2.24, 2.45) is 5.92 Å². The van der Waals surface area contributed by atoms with Gasteiger partial charge in [0.05, 0.1) is 35.5 Å². The molecule has 12 heteroatoms. The van der Waals surface area contributed by atoms with Crippen LogP contribution in [0.1, 0.15) is 36.5 Å². The van der Waals surface area contributed by atoms with Crippen LogP contribution in [0.5, 0.6) is 0 Å². The molecule has 1 atom stereocenters. The van der Waals surface area contributed by atoms with Crippen LogP contribution in [0.4, 0.5) is 30.4 Å². The summed E-state index contributed by atoms with van der Waals surface area (Å²) in [6.45, 7) is 6.40. The molecule has 2 N–H and O–H groups in total. The van der Waals surface area contributed by atoms with Gasteiger partial charge >= 0.3 is 6.18 Å². The van der Waals surface area contributed by atoms with Crippen LogP contribution in [0.25, 0.3) is 0 Å². The molecule has 188 valence electrons. The van der Waals surface area contributed by atoms with Crippen LogP contribution in [-0.4, -0.2) is 38.7 Å². The number of pyridine rings is 2. The molecule has 0 aromatic carbocycles. The number of halogens is 3. The molecule has 3 aromatic heterocycles. The average molecular weight is 508 g/mol. The summed E-state index contributed by atoms with van der Waals surface area (Å²) in [6, 6.07) is 5.44. The monoisotopic (exact) mass is 507 g/mol. The minimum Gasteiger partial charge on any atom is -0.366 e. The maximum absolute atomic E-state index is 12.9. The van der Waals surface area contributed by atoms with Crippen LogP contribution in [0.2, 0.25) is 0 Å². The molecule has 4 heterocycles. The van der Waals surface area contributed by atoms with Gasteiger partial charge in [-0.05, 0) is 25.0 Å². The van der Waals surface area contributed by atoms with Crippen LogP contribution in [0.3, 0.4) is 0 Å². The molecule has 0 saturated heterocycles. The van der Waals surface area contributed by atoms with Crippen molar-refractivity contribution in [3.05, 3.63) is 59.3 Å². The number of alkyl halides is 3. The highest BCUT2D eigenvalue weighted by Gasteiger charge is 2.34. The highest BCUT2D eigenvalue weighted by atomic mass is 32.1. The van der Waals surface area contributed by atoms with Crippen molar-refractivity contribution < 1.29 is 18.0 Å². The van der Waals surface area contributed by atoms with Gasteiger partial charge in [0.2, 0.25) is 5.91 Å². The number of nitrogens with zero attached hydrogens (tertiary/aromatic N) is 5. The predicted octanol–water partition coefficient (Wildman–Crippen LogP) is 4.19. The molecule has 0 unspecified atom stereocenters. The number of hydrogen-bond donors (Lipinski definition) is 2. The number of anilines is 3. The zero-order valence-corrected chi connectivity index (χ0v) is 20.8. The lowest BCUT2D eigenvalue weighted by atomic mass is 9.98. The Morgan fingerprint density at radius 3 is 2.66 bits per heavy atom. The number of likely N-dealkylation sites (N-methyl/N-ethyl adjacent to an activating group) is 1. The molecule has 0 bridgehead atoms. The minimum atomic E-state index is -4.48. The Kier molecular flexibility index (Phi) is 7.63. The second-order valence-electron chi connectivity index (χ2n) is 8.69. The van der Waals surface area contributed by atoms with E-state index in [9.17, 15) is 18.0 Å². The van der Waals surface area contributed by atoms with Crippen molar-refractivity contribution in [2.45, 2.75) is 46.1 Å². The maximum Gasteiger partial charge on any atom is 0.433 e. The quantitative estimate of drug-likeness (QED) is 0.520. The number of aromatic nitrogens is 4. The Hall–Kier alpha value is -3.28. The van der Waals surface area contributed by atoms with E-state index < -0.39 is 11.9 Å². The molecule has 0 radical (unpaired) electrons. The normalized spacial score (nSPS) is 15.5. The van der Waals surface area contributed by atoms with Gasteiger partial charge in [-0.25, -0.2) is 9.97 Å². The third-order valence-electron chi connectivity index (χ3n) is 5.71. The fourth-order valence-electron chi connectivity index (χ4n) is 4.12. The van der Waals surface area contributed by atoms with Gasteiger partial charge in [0.1, 0.15) is 17.6 Å². The number of nitrogens with one attached hydrogen (secondary N) is 2. The van der Waals surface area contributed by atoms with Crippen LogP contribution in [0, 0.1) is 12.8 Å². The molecule has 0 spiro atoms. The number of carbonyl (C=O) groups excluding carboxylic acids is 1. The summed E-state index contributed by atoms with van der Waals surface area (Å²) in [5.41, 5.74) is 2.48. The first kappa shape index (κ1) is 26.3. The van der Waals surface area contributed by atoms with Gasteiger partial charge in [0.15, 0.2) is 0 Å². The Balaban J connectivity index is 0.00000342.